The van der Waals surface area contributed by atoms with Crippen LogP contribution in [0.3, 0.4) is 0 Å². The van der Waals surface area contributed by atoms with Gasteiger partial charge in [-0.3, -0.25) is 0 Å². The number of nitrogens with zero attached hydrogens (tertiary/aromatic N) is 2. The summed E-state index contributed by atoms with van der Waals surface area (Å²) < 4.78 is 23.0. The molecule has 2 aliphatic rings. The second kappa shape index (κ2) is 4.36. The van der Waals surface area contributed by atoms with Crippen LogP contribution in [0.4, 0.5) is 5.82 Å². The molecule has 0 aliphatic carbocycles. The number of thioether (sulfide) groups is 1. The smallest absolute Gasteiger partial charge is 0.151 e. The number of fused-ring (bicyclic) bond motifs is 1. The summed E-state index contributed by atoms with van der Waals surface area (Å²) in [7, 11) is -2.91. The maximum absolute atomic E-state index is 11.5. The average molecular weight is 286 g/mol. The monoisotopic (exact) mass is 286 g/mol. The van der Waals surface area contributed by atoms with Gasteiger partial charge in [0.25, 0.3) is 0 Å². The maximum Gasteiger partial charge on any atom is 0.151 e. The molecule has 18 heavy (non-hydrogen) atoms. The van der Waals surface area contributed by atoms with Crippen LogP contribution in [-0.4, -0.2) is 29.9 Å². The lowest BCUT2D eigenvalue weighted by Crippen LogP contribution is -2.16. The topological polar surface area (TPSA) is 98.0 Å². The summed E-state index contributed by atoms with van der Waals surface area (Å²) in [6.07, 6.45) is 0.609. The van der Waals surface area contributed by atoms with Crippen molar-refractivity contribution in [3.05, 3.63) is 17.1 Å². The largest absolute Gasteiger partial charge is 0.308 e. The predicted molar refractivity (Wildman–Crippen MR) is 70.9 cm³/mol. The maximum atomic E-state index is 11.5. The van der Waals surface area contributed by atoms with E-state index in [-0.39, 0.29) is 17.4 Å². The molecule has 0 bridgehead atoms. The molecule has 1 fully saturated rings. The van der Waals surface area contributed by atoms with E-state index >= 15 is 0 Å². The zero-order chi connectivity index (χ0) is 12.8. The number of hydrogen-bond donors (Lipinski definition) is 2. The van der Waals surface area contributed by atoms with Gasteiger partial charge in [-0.2, -0.15) is 11.8 Å². The van der Waals surface area contributed by atoms with Crippen molar-refractivity contribution in [1.82, 2.24) is 9.97 Å². The van der Waals surface area contributed by atoms with Crippen molar-refractivity contribution in [2.45, 2.75) is 23.8 Å². The molecule has 0 spiro atoms. The molecule has 0 aromatic carbocycles. The second-order valence-electron chi connectivity index (χ2n) is 4.59. The van der Waals surface area contributed by atoms with Gasteiger partial charge in [-0.05, 0) is 6.42 Å². The Morgan fingerprint density at radius 2 is 2.17 bits per heavy atom. The molecule has 3 rings (SSSR count). The molecular weight excluding hydrogens is 272 g/mol. The second-order valence-corrected chi connectivity index (χ2v) is 7.81. The highest BCUT2D eigenvalue weighted by Gasteiger charge is 2.32. The van der Waals surface area contributed by atoms with Crippen LogP contribution in [0.5, 0.6) is 0 Å². The highest BCUT2D eigenvalue weighted by molar-refractivity contribution is 7.98. The first kappa shape index (κ1) is 12.2. The number of hydrogen-bond acceptors (Lipinski definition) is 7. The fraction of sp³-hybridized carbons (Fsp3) is 0.600. The molecule has 1 atom stereocenters. The minimum atomic E-state index is -2.91. The molecule has 1 aromatic rings. The molecule has 0 radical (unpaired) electrons. The Morgan fingerprint density at radius 1 is 1.33 bits per heavy atom. The normalized spacial score (nSPS) is 25.1. The van der Waals surface area contributed by atoms with Crippen LogP contribution in [-0.2, 0) is 21.3 Å². The van der Waals surface area contributed by atoms with Gasteiger partial charge >= 0.3 is 0 Å². The molecular formula is C10H14N4O2S2. The molecule has 6 nitrogen and oxygen atoms in total. The first-order chi connectivity index (χ1) is 8.59. The zero-order valence-corrected chi connectivity index (χ0v) is 11.4. The number of nitrogen functional groups attached to an aromatic ring is 1. The quantitative estimate of drug-likeness (QED) is 0.600. The van der Waals surface area contributed by atoms with Gasteiger partial charge in [0, 0.05) is 23.0 Å². The third kappa shape index (κ3) is 2.08. The number of aromatic nitrogens is 2. The lowest BCUT2D eigenvalue weighted by Gasteiger charge is -2.11. The Labute approximate surface area is 110 Å². The summed E-state index contributed by atoms with van der Waals surface area (Å²) in [5.74, 6) is 8.75. The fourth-order valence-electron chi connectivity index (χ4n) is 2.37. The van der Waals surface area contributed by atoms with E-state index in [4.69, 9.17) is 5.84 Å². The van der Waals surface area contributed by atoms with E-state index in [1.165, 1.54) is 0 Å². The van der Waals surface area contributed by atoms with Crippen molar-refractivity contribution in [3.63, 3.8) is 0 Å². The van der Waals surface area contributed by atoms with Crippen LogP contribution in [0.15, 0.2) is 0 Å². The molecule has 3 heterocycles. The lowest BCUT2D eigenvalue weighted by molar-refractivity contribution is 0.601. The Hall–Kier alpha value is -0.860. The molecule has 1 unspecified atom stereocenters. The number of anilines is 1. The van der Waals surface area contributed by atoms with Crippen molar-refractivity contribution >= 4 is 27.4 Å². The molecule has 98 valence electrons. The number of hydrazine groups is 1. The van der Waals surface area contributed by atoms with E-state index in [0.717, 1.165) is 22.8 Å². The average Bonchev–Trinajstić information content (AvgIpc) is 2.93. The van der Waals surface area contributed by atoms with Gasteiger partial charge in [0.05, 0.1) is 17.2 Å². The molecule has 8 heteroatoms. The van der Waals surface area contributed by atoms with E-state index in [1.54, 1.807) is 11.8 Å². The summed E-state index contributed by atoms with van der Waals surface area (Å²) in [6.45, 7) is 0. The first-order valence-corrected chi connectivity index (χ1v) is 8.71. The molecule has 1 aromatic heterocycles. The minimum Gasteiger partial charge on any atom is -0.308 e. The molecule has 2 aliphatic heterocycles. The van der Waals surface area contributed by atoms with Crippen LogP contribution < -0.4 is 11.3 Å². The third-order valence-electron chi connectivity index (χ3n) is 3.33. The van der Waals surface area contributed by atoms with Crippen LogP contribution in [0.1, 0.15) is 29.4 Å². The van der Waals surface area contributed by atoms with Crippen LogP contribution in [0, 0.1) is 0 Å². The Bertz CT molecular complexity index is 588. The Balaban J connectivity index is 1.99. The van der Waals surface area contributed by atoms with Crippen molar-refractivity contribution < 1.29 is 8.42 Å². The highest BCUT2D eigenvalue weighted by atomic mass is 32.2. The van der Waals surface area contributed by atoms with Gasteiger partial charge in [-0.25, -0.2) is 24.2 Å². The molecule has 0 amide bonds. The van der Waals surface area contributed by atoms with Gasteiger partial charge in [0.1, 0.15) is 11.6 Å². The summed E-state index contributed by atoms with van der Waals surface area (Å²) in [6, 6.07) is 0. The summed E-state index contributed by atoms with van der Waals surface area (Å²) in [5.41, 5.74) is 4.63. The molecule has 0 saturated carbocycles. The minimum absolute atomic E-state index is 0.0852. The SMILES string of the molecule is NNc1nc(C2CCS(=O)(=O)C2)nc2c1CSC2. The summed E-state index contributed by atoms with van der Waals surface area (Å²) in [5, 5.41) is 0. The number of rotatable bonds is 2. The van der Waals surface area contributed by atoms with Crippen molar-refractivity contribution in [2.24, 2.45) is 5.84 Å². The van der Waals surface area contributed by atoms with Gasteiger partial charge in [-0.15, -0.1) is 0 Å². The number of nitrogens with one attached hydrogen (secondary N) is 1. The van der Waals surface area contributed by atoms with E-state index < -0.39 is 9.84 Å². The third-order valence-corrected chi connectivity index (χ3v) is 6.07. The van der Waals surface area contributed by atoms with Gasteiger partial charge in [-0.1, -0.05) is 0 Å². The standard InChI is InChI=1S/C10H14N4O2S2/c11-14-10-7-3-17-4-8(7)12-9(13-10)6-1-2-18(15,16)5-6/h6H,1-5,11H2,(H,12,13,14). The Morgan fingerprint density at radius 3 is 2.83 bits per heavy atom. The van der Waals surface area contributed by atoms with Crippen LogP contribution in [0.25, 0.3) is 0 Å². The predicted octanol–water partition coefficient (Wildman–Crippen LogP) is 0.411. The van der Waals surface area contributed by atoms with Gasteiger partial charge in [0.2, 0.25) is 0 Å². The number of sulfone groups is 1. The highest BCUT2D eigenvalue weighted by Crippen LogP contribution is 2.35. The van der Waals surface area contributed by atoms with Crippen molar-refractivity contribution in [1.29, 1.82) is 0 Å². The Kier molecular flexibility index (Phi) is 2.95. The lowest BCUT2D eigenvalue weighted by atomic mass is 10.1. The summed E-state index contributed by atoms with van der Waals surface area (Å²) in [4.78, 5) is 8.90. The number of nitrogens with two attached hydrogens (primary N) is 1. The van der Waals surface area contributed by atoms with Crippen LogP contribution in [0.2, 0.25) is 0 Å². The zero-order valence-electron chi connectivity index (χ0n) is 9.72. The van der Waals surface area contributed by atoms with E-state index in [2.05, 4.69) is 15.4 Å². The molecule has 1 saturated heterocycles. The fourth-order valence-corrected chi connectivity index (χ4v) is 5.15. The van der Waals surface area contributed by atoms with Crippen molar-refractivity contribution in [2.75, 3.05) is 16.9 Å². The summed E-state index contributed by atoms with van der Waals surface area (Å²) >= 11 is 1.77. The van der Waals surface area contributed by atoms with E-state index in [1.807, 2.05) is 0 Å². The molecule has 3 N–H and O–H groups in total. The van der Waals surface area contributed by atoms with E-state index in [0.29, 0.717) is 18.1 Å². The van der Waals surface area contributed by atoms with Crippen LogP contribution >= 0.6 is 11.8 Å². The van der Waals surface area contributed by atoms with Gasteiger partial charge in [0.15, 0.2) is 9.84 Å². The first-order valence-electron chi connectivity index (χ1n) is 5.73. The van der Waals surface area contributed by atoms with Crippen molar-refractivity contribution in [3.8, 4) is 0 Å². The van der Waals surface area contributed by atoms with Gasteiger partial charge < -0.3 is 5.43 Å². The van der Waals surface area contributed by atoms with E-state index in [9.17, 15) is 8.42 Å².